The van der Waals surface area contributed by atoms with Gasteiger partial charge < -0.3 is 9.13 Å². The number of benzene rings is 1. The van der Waals surface area contributed by atoms with Gasteiger partial charge in [-0.05, 0) is 24.6 Å². The molecule has 0 radical (unpaired) electrons. The van der Waals surface area contributed by atoms with Gasteiger partial charge in [0.2, 0.25) is 0 Å². The Labute approximate surface area is 179 Å². The van der Waals surface area contributed by atoms with Crippen LogP contribution in [0.1, 0.15) is 22.8 Å². The predicted octanol–water partition coefficient (Wildman–Crippen LogP) is 5.12. The van der Waals surface area contributed by atoms with Gasteiger partial charge in [0.1, 0.15) is 10.8 Å². The fourth-order valence-corrected chi connectivity index (χ4v) is 5.03. The van der Waals surface area contributed by atoms with Crippen molar-refractivity contribution in [3.63, 3.8) is 0 Å². The van der Waals surface area contributed by atoms with Gasteiger partial charge in [-0.25, -0.2) is 4.98 Å². The molecular formula is C22H23N5S2. The summed E-state index contributed by atoms with van der Waals surface area (Å²) in [6, 6.07) is 12.5. The van der Waals surface area contributed by atoms with Crippen molar-refractivity contribution in [1.82, 2.24) is 24.3 Å². The van der Waals surface area contributed by atoms with E-state index in [-0.39, 0.29) is 0 Å². The van der Waals surface area contributed by atoms with E-state index in [9.17, 15) is 0 Å². The highest BCUT2D eigenvalue weighted by Crippen LogP contribution is 2.29. The first-order valence-corrected chi connectivity index (χ1v) is 11.3. The summed E-state index contributed by atoms with van der Waals surface area (Å²) in [6.45, 7) is 6.71. The molecule has 0 spiro atoms. The van der Waals surface area contributed by atoms with Crippen LogP contribution in [0.2, 0.25) is 0 Å². The first-order chi connectivity index (χ1) is 14.2. The number of aryl methyl sites for hydroxylation is 2. The van der Waals surface area contributed by atoms with Crippen LogP contribution in [0.5, 0.6) is 0 Å². The van der Waals surface area contributed by atoms with Crippen molar-refractivity contribution in [2.45, 2.75) is 30.8 Å². The van der Waals surface area contributed by atoms with E-state index < -0.39 is 0 Å². The van der Waals surface area contributed by atoms with Gasteiger partial charge in [-0.2, -0.15) is 0 Å². The van der Waals surface area contributed by atoms with E-state index in [2.05, 4.69) is 68.5 Å². The van der Waals surface area contributed by atoms with Crippen molar-refractivity contribution in [3.05, 3.63) is 83.4 Å². The van der Waals surface area contributed by atoms with Crippen LogP contribution in [-0.4, -0.2) is 24.3 Å². The fourth-order valence-electron chi connectivity index (χ4n) is 3.16. The minimum atomic E-state index is 0.695. The van der Waals surface area contributed by atoms with E-state index in [1.165, 1.54) is 16.8 Å². The largest absolute Gasteiger partial charge is 0.354 e. The zero-order chi connectivity index (χ0) is 20.2. The molecule has 0 N–H and O–H groups in total. The molecule has 0 aliphatic rings. The number of hydrogen-bond acceptors (Lipinski definition) is 5. The van der Waals surface area contributed by atoms with Crippen LogP contribution in [0.25, 0.3) is 10.6 Å². The van der Waals surface area contributed by atoms with Crippen LogP contribution < -0.4 is 0 Å². The van der Waals surface area contributed by atoms with Gasteiger partial charge in [-0.15, -0.1) is 28.1 Å². The fraction of sp³-hybridized carbons (Fsp3) is 0.227. The lowest BCUT2D eigenvalue weighted by Gasteiger charge is -2.08. The summed E-state index contributed by atoms with van der Waals surface area (Å²) in [7, 11) is 2.05. The average molecular weight is 422 g/mol. The summed E-state index contributed by atoms with van der Waals surface area (Å²) < 4.78 is 4.25. The molecule has 4 aromatic rings. The van der Waals surface area contributed by atoms with E-state index in [1.54, 1.807) is 23.1 Å². The first kappa shape index (κ1) is 19.7. The second kappa shape index (κ2) is 8.80. The van der Waals surface area contributed by atoms with Crippen molar-refractivity contribution < 1.29 is 0 Å². The Balaban J connectivity index is 1.49. The lowest BCUT2D eigenvalue weighted by Crippen LogP contribution is -2.06. The number of rotatable bonds is 8. The Bertz CT molecular complexity index is 1120. The normalized spacial score (nSPS) is 11.1. The van der Waals surface area contributed by atoms with Crippen LogP contribution in [0.4, 0.5) is 0 Å². The maximum Gasteiger partial charge on any atom is 0.191 e. The molecule has 7 heteroatoms. The topological polar surface area (TPSA) is 48.5 Å². The summed E-state index contributed by atoms with van der Waals surface area (Å²) >= 11 is 3.36. The van der Waals surface area contributed by atoms with Crippen molar-refractivity contribution >= 4 is 23.1 Å². The number of aromatic nitrogens is 5. The molecule has 4 rings (SSSR count). The van der Waals surface area contributed by atoms with Crippen LogP contribution in [0, 0.1) is 6.92 Å². The summed E-state index contributed by atoms with van der Waals surface area (Å²) in [5, 5.41) is 13.0. The lowest BCUT2D eigenvalue weighted by molar-refractivity contribution is 0.681. The molecule has 0 saturated heterocycles. The molecule has 5 nitrogen and oxygen atoms in total. The minimum absolute atomic E-state index is 0.695. The van der Waals surface area contributed by atoms with Gasteiger partial charge in [0, 0.05) is 48.6 Å². The number of nitrogens with zero attached hydrogens (tertiary/aromatic N) is 5. The molecule has 0 unspecified atom stereocenters. The Morgan fingerprint density at radius 2 is 2.03 bits per heavy atom. The molecule has 1 aromatic carbocycles. The number of thioether (sulfide) groups is 1. The van der Waals surface area contributed by atoms with Gasteiger partial charge in [-0.3, -0.25) is 0 Å². The third kappa shape index (κ3) is 4.36. The summed E-state index contributed by atoms with van der Waals surface area (Å²) in [4.78, 5) is 4.83. The van der Waals surface area contributed by atoms with Gasteiger partial charge in [0.25, 0.3) is 0 Å². The molecule has 3 aromatic heterocycles. The van der Waals surface area contributed by atoms with Crippen molar-refractivity contribution in [3.8, 4) is 10.6 Å². The van der Waals surface area contributed by atoms with Gasteiger partial charge in [-0.1, -0.05) is 42.1 Å². The minimum Gasteiger partial charge on any atom is -0.354 e. The Morgan fingerprint density at radius 3 is 2.79 bits per heavy atom. The van der Waals surface area contributed by atoms with E-state index in [1.807, 2.05) is 25.4 Å². The Morgan fingerprint density at radius 1 is 1.17 bits per heavy atom. The van der Waals surface area contributed by atoms with Gasteiger partial charge >= 0.3 is 0 Å². The molecule has 0 fully saturated rings. The quantitative estimate of drug-likeness (QED) is 0.293. The maximum absolute atomic E-state index is 4.83. The lowest BCUT2D eigenvalue weighted by atomic mass is 10.1. The van der Waals surface area contributed by atoms with E-state index >= 15 is 0 Å². The van der Waals surface area contributed by atoms with Crippen LogP contribution in [0.15, 0.2) is 65.8 Å². The van der Waals surface area contributed by atoms with Crippen molar-refractivity contribution in [2.75, 3.05) is 0 Å². The van der Waals surface area contributed by atoms with Crippen molar-refractivity contribution in [1.29, 1.82) is 0 Å². The van der Waals surface area contributed by atoms with E-state index in [4.69, 9.17) is 4.98 Å². The Hall–Kier alpha value is -2.64. The summed E-state index contributed by atoms with van der Waals surface area (Å²) in [6.07, 6.45) is 4.69. The van der Waals surface area contributed by atoms with Gasteiger partial charge in [0.15, 0.2) is 5.16 Å². The standard InChI is InChI=1S/C22H23N5S2/c1-4-11-27-20(13-18-9-7-12-26(18)3)24-25-22(27)29-15-17-14-28-21(23-17)19-10-6-5-8-16(19)2/h4-10,12,14H,1,11,13,15H2,2-3H3. The summed E-state index contributed by atoms with van der Waals surface area (Å²) in [5.41, 5.74) is 4.72. The SMILES string of the molecule is C=CCn1c(Cc2cccn2C)nnc1SCc1csc(-c2ccccc2C)n1. The maximum atomic E-state index is 4.83. The molecule has 0 aliphatic carbocycles. The zero-order valence-corrected chi connectivity index (χ0v) is 18.2. The second-order valence-corrected chi connectivity index (χ2v) is 8.63. The smallest absolute Gasteiger partial charge is 0.191 e. The zero-order valence-electron chi connectivity index (χ0n) is 16.6. The third-order valence-corrected chi connectivity index (χ3v) is 6.70. The van der Waals surface area contributed by atoms with Crippen LogP contribution >= 0.6 is 23.1 Å². The highest BCUT2D eigenvalue weighted by molar-refractivity contribution is 7.98. The van der Waals surface area contributed by atoms with Gasteiger partial charge in [0.05, 0.1) is 5.69 Å². The molecule has 0 bridgehead atoms. The van der Waals surface area contributed by atoms with Crippen molar-refractivity contribution in [2.24, 2.45) is 7.05 Å². The predicted molar refractivity (Wildman–Crippen MR) is 120 cm³/mol. The Kier molecular flexibility index (Phi) is 5.97. The average Bonchev–Trinajstić information content (AvgIpc) is 3.43. The van der Waals surface area contributed by atoms with E-state index in [0.717, 1.165) is 33.9 Å². The second-order valence-electron chi connectivity index (χ2n) is 6.83. The van der Waals surface area contributed by atoms with Crippen LogP contribution in [0.3, 0.4) is 0 Å². The molecule has 148 valence electrons. The summed E-state index contributed by atoms with van der Waals surface area (Å²) in [5.74, 6) is 1.72. The highest BCUT2D eigenvalue weighted by atomic mass is 32.2. The number of allylic oxidation sites excluding steroid dienone is 1. The van der Waals surface area contributed by atoms with E-state index in [0.29, 0.717) is 6.54 Å². The molecule has 3 heterocycles. The molecule has 29 heavy (non-hydrogen) atoms. The molecule has 0 saturated carbocycles. The third-order valence-electron chi connectivity index (χ3n) is 4.77. The molecule has 0 atom stereocenters. The highest BCUT2D eigenvalue weighted by Gasteiger charge is 2.14. The number of thiazole rings is 1. The molecule has 0 aliphatic heterocycles. The molecule has 0 amide bonds. The molecular weight excluding hydrogens is 398 g/mol. The number of hydrogen-bond donors (Lipinski definition) is 0. The monoisotopic (exact) mass is 421 g/mol. The first-order valence-electron chi connectivity index (χ1n) is 9.42. The van der Waals surface area contributed by atoms with Crippen LogP contribution in [-0.2, 0) is 25.8 Å².